The van der Waals surface area contributed by atoms with Crippen LogP contribution in [0.3, 0.4) is 0 Å². The predicted octanol–water partition coefficient (Wildman–Crippen LogP) is 3.43. The van der Waals surface area contributed by atoms with Crippen molar-refractivity contribution in [2.45, 2.75) is 78.9 Å². The fourth-order valence-corrected chi connectivity index (χ4v) is 1.65. The maximum absolute atomic E-state index is 10.0. The van der Waals surface area contributed by atoms with Gasteiger partial charge < -0.3 is 16.2 Å². The van der Waals surface area contributed by atoms with Gasteiger partial charge in [-0.3, -0.25) is 0 Å². The highest BCUT2D eigenvalue weighted by molar-refractivity contribution is 5.65. The fourth-order valence-electron chi connectivity index (χ4n) is 1.65. The minimum atomic E-state index is -0.725. The first-order chi connectivity index (χ1) is 8.22. The van der Waals surface area contributed by atoms with E-state index in [1.807, 2.05) is 13.8 Å². The number of primary amides is 1. The van der Waals surface area contributed by atoms with Gasteiger partial charge in [0.15, 0.2) is 0 Å². The van der Waals surface area contributed by atoms with Crippen LogP contribution < -0.4 is 11.5 Å². The molecular weight excluding hydrogens is 228 g/mol. The zero-order chi connectivity index (χ0) is 14.8. The van der Waals surface area contributed by atoms with Crippen molar-refractivity contribution >= 4 is 6.09 Å². The summed E-state index contributed by atoms with van der Waals surface area (Å²) in [6.45, 7) is 11.5. The molecular formula is C14H32N2O2. The molecule has 0 spiro atoms. The Kier molecular flexibility index (Phi) is 11.1. The van der Waals surface area contributed by atoms with Gasteiger partial charge in [-0.25, -0.2) is 4.79 Å². The third-order valence-electron chi connectivity index (χ3n) is 2.58. The highest BCUT2D eigenvalue weighted by atomic mass is 16.6. The van der Waals surface area contributed by atoms with Crippen LogP contribution in [0.4, 0.5) is 4.79 Å². The number of amides is 1. The second kappa shape index (κ2) is 10.2. The molecule has 2 atom stereocenters. The average Bonchev–Trinajstić information content (AvgIpc) is 2.23. The summed E-state index contributed by atoms with van der Waals surface area (Å²) in [5.74, 6) is 0.781. The molecule has 0 radical (unpaired) electrons. The first kappa shape index (κ1) is 19.6. The van der Waals surface area contributed by atoms with Crippen LogP contribution in [-0.2, 0) is 4.74 Å². The van der Waals surface area contributed by atoms with Crippen LogP contribution in [0.2, 0.25) is 0 Å². The molecule has 1 aliphatic rings. The zero-order valence-corrected chi connectivity index (χ0v) is 13.0. The second-order valence-corrected chi connectivity index (χ2v) is 5.46. The van der Waals surface area contributed by atoms with Gasteiger partial charge in [0, 0.05) is 6.04 Å². The van der Waals surface area contributed by atoms with E-state index in [1.54, 1.807) is 20.8 Å². The second-order valence-electron chi connectivity index (χ2n) is 5.46. The van der Waals surface area contributed by atoms with E-state index in [1.165, 1.54) is 25.7 Å². The van der Waals surface area contributed by atoms with E-state index in [9.17, 15) is 4.79 Å². The number of hydrogen-bond acceptors (Lipinski definition) is 3. The monoisotopic (exact) mass is 260 g/mol. The lowest BCUT2D eigenvalue weighted by Gasteiger charge is -2.24. The minimum absolute atomic E-state index is 0.453. The van der Waals surface area contributed by atoms with Gasteiger partial charge in [-0.1, -0.05) is 33.6 Å². The molecule has 0 aromatic rings. The Bertz CT molecular complexity index is 202. The maximum Gasteiger partial charge on any atom is 0.405 e. The third kappa shape index (κ3) is 13.3. The Labute approximate surface area is 112 Å². The summed E-state index contributed by atoms with van der Waals surface area (Å²) >= 11 is 0. The van der Waals surface area contributed by atoms with E-state index in [0.717, 1.165) is 5.92 Å². The Hall–Kier alpha value is -0.770. The van der Waals surface area contributed by atoms with Crippen molar-refractivity contribution < 1.29 is 9.53 Å². The van der Waals surface area contributed by atoms with Crippen LogP contribution >= 0.6 is 0 Å². The molecule has 1 rings (SSSR count). The molecule has 1 fully saturated rings. The van der Waals surface area contributed by atoms with Crippen molar-refractivity contribution in [3.8, 4) is 0 Å². The lowest BCUT2D eigenvalue weighted by atomic mass is 9.87. The smallest absolute Gasteiger partial charge is 0.405 e. The first-order valence-corrected chi connectivity index (χ1v) is 6.96. The summed E-state index contributed by atoms with van der Waals surface area (Å²) in [7, 11) is 0. The molecule has 4 heteroatoms. The van der Waals surface area contributed by atoms with Crippen molar-refractivity contribution in [3.63, 3.8) is 0 Å². The molecule has 0 heterocycles. The summed E-state index contributed by atoms with van der Waals surface area (Å²) in [5, 5.41) is 0. The van der Waals surface area contributed by atoms with E-state index in [0.29, 0.717) is 6.04 Å². The van der Waals surface area contributed by atoms with E-state index in [4.69, 9.17) is 11.5 Å². The number of nitrogens with two attached hydrogens (primary N) is 2. The molecule has 1 amide bonds. The Balaban J connectivity index is 0. The average molecular weight is 260 g/mol. The summed E-state index contributed by atoms with van der Waals surface area (Å²) in [4.78, 5) is 10.0. The molecule has 2 unspecified atom stereocenters. The van der Waals surface area contributed by atoms with Crippen LogP contribution in [-0.4, -0.2) is 17.7 Å². The topological polar surface area (TPSA) is 78.3 Å². The minimum Gasteiger partial charge on any atom is -0.444 e. The maximum atomic E-state index is 10.0. The van der Waals surface area contributed by atoms with Crippen molar-refractivity contribution in [2.75, 3.05) is 0 Å². The van der Waals surface area contributed by atoms with Crippen molar-refractivity contribution in [3.05, 3.63) is 0 Å². The zero-order valence-electron chi connectivity index (χ0n) is 13.0. The molecule has 0 saturated heterocycles. The van der Waals surface area contributed by atoms with Gasteiger partial charge >= 0.3 is 6.09 Å². The van der Waals surface area contributed by atoms with Crippen molar-refractivity contribution in [2.24, 2.45) is 17.4 Å². The van der Waals surface area contributed by atoms with Gasteiger partial charge in [0.25, 0.3) is 0 Å². The van der Waals surface area contributed by atoms with Crippen LogP contribution in [0.5, 0.6) is 0 Å². The van der Waals surface area contributed by atoms with E-state index >= 15 is 0 Å². The normalized spacial score (nSPS) is 22.8. The summed E-state index contributed by atoms with van der Waals surface area (Å²) in [5.41, 5.74) is 10.0. The first-order valence-electron chi connectivity index (χ1n) is 6.96. The molecule has 0 bridgehead atoms. The number of rotatable bonds is 0. The van der Waals surface area contributed by atoms with E-state index in [-0.39, 0.29) is 0 Å². The molecule has 4 N–H and O–H groups in total. The van der Waals surface area contributed by atoms with Gasteiger partial charge in [0.1, 0.15) is 5.60 Å². The lowest BCUT2D eigenvalue weighted by Crippen LogP contribution is -2.30. The van der Waals surface area contributed by atoms with Gasteiger partial charge in [-0.15, -0.1) is 0 Å². The van der Waals surface area contributed by atoms with E-state index < -0.39 is 11.7 Å². The molecule has 1 aliphatic carbocycles. The highest BCUT2D eigenvalue weighted by Gasteiger charge is 2.16. The van der Waals surface area contributed by atoms with Gasteiger partial charge in [-0.05, 0) is 39.5 Å². The summed E-state index contributed by atoms with van der Waals surface area (Å²) in [6.07, 6.45) is 4.63. The SMILES string of the molecule is CC.CC(C)(C)OC(N)=O.CC1CCCCC1N. The third-order valence-corrected chi connectivity index (χ3v) is 2.58. The van der Waals surface area contributed by atoms with Crippen LogP contribution in [0, 0.1) is 5.92 Å². The lowest BCUT2D eigenvalue weighted by molar-refractivity contribution is 0.0600. The molecule has 0 aliphatic heterocycles. The number of ether oxygens (including phenoxy) is 1. The van der Waals surface area contributed by atoms with Crippen LogP contribution in [0.15, 0.2) is 0 Å². The van der Waals surface area contributed by atoms with Crippen molar-refractivity contribution in [1.82, 2.24) is 0 Å². The summed E-state index contributed by atoms with van der Waals surface area (Å²) in [6, 6.07) is 0.503. The molecule has 1 saturated carbocycles. The molecule has 0 aromatic heterocycles. The molecule has 18 heavy (non-hydrogen) atoms. The Morgan fingerprint density at radius 2 is 1.61 bits per heavy atom. The largest absolute Gasteiger partial charge is 0.444 e. The summed E-state index contributed by atoms with van der Waals surface area (Å²) < 4.78 is 4.58. The quantitative estimate of drug-likeness (QED) is 0.700. The Morgan fingerprint density at radius 3 is 1.78 bits per heavy atom. The van der Waals surface area contributed by atoms with E-state index in [2.05, 4.69) is 11.7 Å². The standard InChI is InChI=1S/C7H15N.C5H11NO2.C2H6/c1-6-4-2-3-5-7(6)8;1-5(2,3)8-4(6)7;1-2/h6-7H,2-5,8H2,1H3;1-3H3,(H2,6,7);1-2H3. The van der Waals surface area contributed by atoms with Crippen LogP contribution in [0.1, 0.15) is 67.2 Å². The van der Waals surface area contributed by atoms with Crippen LogP contribution in [0.25, 0.3) is 0 Å². The fraction of sp³-hybridized carbons (Fsp3) is 0.929. The highest BCUT2D eigenvalue weighted by Crippen LogP contribution is 2.21. The molecule has 0 aromatic carbocycles. The number of hydrogen-bond donors (Lipinski definition) is 2. The van der Waals surface area contributed by atoms with Crippen molar-refractivity contribution in [1.29, 1.82) is 0 Å². The molecule has 110 valence electrons. The number of carbonyl (C=O) groups is 1. The van der Waals surface area contributed by atoms with Gasteiger partial charge in [-0.2, -0.15) is 0 Å². The van der Waals surface area contributed by atoms with Gasteiger partial charge in [0.05, 0.1) is 0 Å². The van der Waals surface area contributed by atoms with Gasteiger partial charge in [0.2, 0.25) is 0 Å². The predicted molar refractivity (Wildman–Crippen MR) is 77.4 cm³/mol. The molecule has 4 nitrogen and oxygen atoms in total. The number of carbonyl (C=O) groups excluding carboxylic acids is 1. The Morgan fingerprint density at radius 1 is 1.17 bits per heavy atom.